The lowest BCUT2D eigenvalue weighted by Crippen LogP contribution is -2.52. The Morgan fingerprint density at radius 1 is 1.00 bits per heavy atom. The molecule has 2 heterocycles. The van der Waals surface area contributed by atoms with Gasteiger partial charge in [-0.3, -0.25) is 14.4 Å². The Kier molecular flexibility index (Phi) is 4.83. The average Bonchev–Trinajstić information content (AvgIpc) is 3.11. The fourth-order valence-electron chi connectivity index (χ4n) is 3.63. The van der Waals surface area contributed by atoms with Gasteiger partial charge in [0.25, 0.3) is 5.91 Å². The molecule has 1 aromatic carbocycles. The van der Waals surface area contributed by atoms with Crippen molar-refractivity contribution in [2.75, 3.05) is 19.6 Å². The zero-order chi connectivity index (χ0) is 17.1. The van der Waals surface area contributed by atoms with E-state index in [1.165, 1.54) is 0 Å². The maximum absolute atomic E-state index is 12.9. The van der Waals surface area contributed by atoms with Crippen LogP contribution in [0.2, 0.25) is 0 Å². The van der Waals surface area contributed by atoms with Crippen LogP contribution in [0, 0.1) is 5.92 Å². The average molecular weight is 329 g/mol. The highest BCUT2D eigenvalue weighted by Gasteiger charge is 2.38. The van der Waals surface area contributed by atoms with Crippen LogP contribution in [0.25, 0.3) is 0 Å². The predicted molar refractivity (Wildman–Crippen MR) is 89.0 cm³/mol. The zero-order valence-corrected chi connectivity index (χ0v) is 13.7. The number of hydrogen-bond acceptors (Lipinski definition) is 3. The van der Waals surface area contributed by atoms with Crippen LogP contribution in [0.4, 0.5) is 0 Å². The lowest BCUT2D eigenvalue weighted by atomic mass is 9.96. The number of nitrogens with two attached hydrogens (primary N) is 1. The van der Waals surface area contributed by atoms with Crippen molar-refractivity contribution in [1.29, 1.82) is 0 Å². The maximum atomic E-state index is 12.9. The van der Waals surface area contributed by atoms with Gasteiger partial charge < -0.3 is 15.5 Å². The highest BCUT2D eigenvalue weighted by molar-refractivity contribution is 5.98. The predicted octanol–water partition coefficient (Wildman–Crippen LogP) is 1.02. The molecule has 0 bridgehead atoms. The lowest BCUT2D eigenvalue weighted by Gasteiger charge is -2.35. The molecule has 2 aliphatic rings. The lowest BCUT2D eigenvalue weighted by molar-refractivity contribution is -0.138. The molecular formula is C18H23N3O3. The maximum Gasteiger partial charge on any atom is 0.254 e. The van der Waals surface area contributed by atoms with Crippen LogP contribution in [-0.4, -0.2) is 53.2 Å². The van der Waals surface area contributed by atoms with Crippen LogP contribution in [0.1, 0.15) is 36.0 Å². The second-order valence-corrected chi connectivity index (χ2v) is 6.55. The Balaban J connectivity index is 1.72. The fraction of sp³-hybridized carbons (Fsp3) is 0.500. The molecule has 6 heteroatoms. The highest BCUT2D eigenvalue weighted by atomic mass is 16.2. The first-order valence-electron chi connectivity index (χ1n) is 8.52. The summed E-state index contributed by atoms with van der Waals surface area (Å²) in [5.74, 6) is -0.781. The number of hydrogen-bond donors (Lipinski definition) is 1. The molecule has 2 aliphatic heterocycles. The first-order chi connectivity index (χ1) is 11.6. The van der Waals surface area contributed by atoms with Crippen molar-refractivity contribution in [3.63, 3.8) is 0 Å². The largest absolute Gasteiger partial charge is 0.369 e. The van der Waals surface area contributed by atoms with Gasteiger partial charge in [-0.1, -0.05) is 18.2 Å². The minimum atomic E-state index is -0.427. The summed E-state index contributed by atoms with van der Waals surface area (Å²) in [4.78, 5) is 40.4. The summed E-state index contributed by atoms with van der Waals surface area (Å²) in [6, 6.07) is 8.62. The monoisotopic (exact) mass is 329 g/mol. The van der Waals surface area contributed by atoms with Crippen LogP contribution in [0.3, 0.4) is 0 Å². The first-order valence-corrected chi connectivity index (χ1v) is 8.52. The van der Waals surface area contributed by atoms with Gasteiger partial charge in [0, 0.05) is 25.2 Å². The normalized spacial score (nSPS) is 24.0. The summed E-state index contributed by atoms with van der Waals surface area (Å²) in [6.45, 7) is 1.60. The third-order valence-electron chi connectivity index (χ3n) is 4.95. The Morgan fingerprint density at radius 2 is 1.71 bits per heavy atom. The smallest absolute Gasteiger partial charge is 0.254 e. The minimum Gasteiger partial charge on any atom is -0.369 e. The summed E-state index contributed by atoms with van der Waals surface area (Å²) in [6.07, 6.45) is 3.01. The molecule has 128 valence electrons. The Bertz CT molecular complexity index is 632. The molecule has 0 aliphatic carbocycles. The molecule has 2 saturated heterocycles. The molecule has 2 N–H and O–H groups in total. The summed E-state index contributed by atoms with van der Waals surface area (Å²) < 4.78 is 0. The fourth-order valence-corrected chi connectivity index (χ4v) is 3.63. The van der Waals surface area contributed by atoms with Gasteiger partial charge in [0.1, 0.15) is 6.04 Å². The van der Waals surface area contributed by atoms with Crippen molar-refractivity contribution in [1.82, 2.24) is 9.80 Å². The number of carbonyl (C=O) groups excluding carboxylic acids is 3. The Hall–Kier alpha value is -2.37. The van der Waals surface area contributed by atoms with E-state index in [1.54, 1.807) is 21.9 Å². The number of likely N-dealkylation sites (tertiary alicyclic amines) is 2. The zero-order valence-electron chi connectivity index (χ0n) is 13.7. The van der Waals surface area contributed by atoms with Gasteiger partial charge in [-0.25, -0.2) is 0 Å². The van der Waals surface area contributed by atoms with Crippen molar-refractivity contribution in [2.45, 2.75) is 31.7 Å². The molecule has 24 heavy (non-hydrogen) atoms. The molecular weight excluding hydrogens is 306 g/mol. The SMILES string of the molecule is NC(=O)C1CCCN(C(=O)C2CCCN2C(=O)c2ccccc2)C1. The number of nitrogens with zero attached hydrogens (tertiary/aromatic N) is 2. The van der Waals surface area contributed by atoms with E-state index in [0.29, 0.717) is 31.6 Å². The number of rotatable bonds is 3. The molecule has 2 atom stereocenters. The molecule has 0 saturated carbocycles. The van der Waals surface area contributed by atoms with Crippen LogP contribution < -0.4 is 5.73 Å². The van der Waals surface area contributed by atoms with E-state index in [4.69, 9.17) is 5.73 Å². The third kappa shape index (κ3) is 3.27. The van der Waals surface area contributed by atoms with Crippen LogP contribution in [0.15, 0.2) is 30.3 Å². The number of amides is 3. The van der Waals surface area contributed by atoms with E-state index < -0.39 is 6.04 Å². The summed E-state index contributed by atoms with van der Waals surface area (Å²) in [5, 5.41) is 0. The second kappa shape index (κ2) is 7.03. The molecule has 6 nitrogen and oxygen atoms in total. The standard InChI is InChI=1S/C18H23N3O3/c19-16(22)14-8-4-10-20(12-14)18(24)15-9-5-11-21(15)17(23)13-6-2-1-3-7-13/h1-3,6-7,14-15H,4-5,8-12H2,(H2,19,22). The van der Waals surface area contributed by atoms with Crippen LogP contribution in [-0.2, 0) is 9.59 Å². The molecule has 2 unspecified atom stereocenters. The van der Waals surface area contributed by atoms with Crippen molar-refractivity contribution in [2.24, 2.45) is 11.7 Å². The van der Waals surface area contributed by atoms with E-state index in [1.807, 2.05) is 18.2 Å². The summed E-state index contributed by atoms with van der Waals surface area (Å²) in [5.41, 5.74) is 6.00. The number of primary amides is 1. The van der Waals surface area contributed by atoms with Gasteiger partial charge in [-0.2, -0.15) is 0 Å². The van der Waals surface area contributed by atoms with E-state index in [-0.39, 0.29) is 23.6 Å². The second-order valence-electron chi connectivity index (χ2n) is 6.55. The van der Waals surface area contributed by atoms with Gasteiger partial charge in [0.15, 0.2) is 0 Å². The van der Waals surface area contributed by atoms with E-state index in [0.717, 1.165) is 19.3 Å². The first kappa shape index (κ1) is 16.5. The molecule has 2 fully saturated rings. The quantitative estimate of drug-likeness (QED) is 0.898. The van der Waals surface area contributed by atoms with Gasteiger partial charge in [-0.15, -0.1) is 0 Å². The van der Waals surface area contributed by atoms with Crippen LogP contribution in [0.5, 0.6) is 0 Å². The Labute approximate surface area is 141 Å². The molecule has 0 radical (unpaired) electrons. The molecule has 3 amide bonds. The topological polar surface area (TPSA) is 83.7 Å². The van der Waals surface area contributed by atoms with Crippen LogP contribution >= 0.6 is 0 Å². The van der Waals surface area contributed by atoms with E-state index in [2.05, 4.69) is 0 Å². The van der Waals surface area contributed by atoms with Gasteiger partial charge in [0.2, 0.25) is 11.8 Å². The summed E-state index contributed by atoms with van der Waals surface area (Å²) >= 11 is 0. The van der Waals surface area contributed by atoms with E-state index in [9.17, 15) is 14.4 Å². The molecule has 0 aromatic heterocycles. The third-order valence-corrected chi connectivity index (χ3v) is 4.95. The minimum absolute atomic E-state index is 0.0530. The highest BCUT2D eigenvalue weighted by Crippen LogP contribution is 2.24. The van der Waals surface area contributed by atoms with Gasteiger partial charge in [0.05, 0.1) is 5.92 Å². The van der Waals surface area contributed by atoms with Crippen molar-refractivity contribution >= 4 is 17.7 Å². The summed E-state index contributed by atoms with van der Waals surface area (Å²) in [7, 11) is 0. The van der Waals surface area contributed by atoms with Gasteiger partial charge in [-0.05, 0) is 37.8 Å². The van der Waals surface area contributed by atoms with Gasteiger partial charge >= 0.3 is 0 Å². The number of piperidine rings is 1. The molecule has 3 rings (SSSR count). The van der Waals surface area contributed by atoms with E-state index >= 15 is 0 Å². The Morgan fingerprint density at radius 3 is 2.42 bits per heavy atom. The number of benzene rings is 1. The molecule has 1 aromatic rings. The molecule has 0 spiro atoms. The van der Waals surface area contributed by atoms with Crippen molar-refractivity contribution in [3.8, 4) is 0 Å². The number of carbonyl (C=O) groups is 3. The van der Waals surface area contributed by atoms with Crippen molar-refractivity contribution in [3.05, 3.63) is 35.9 Å². The van der Waals surface area contributed by atoms with Crippen molar-refractivity contribution < 1.29 is 14.4 Å².